The molecule has 2 atom stereocenters. The van der Waals surface area contributed by atoms with Crippen molar-refractivity contribution >= 4 is 0 Å². The number of aliphatic hydroxyl groups excluding tert-OH is 1. The van der Waals surface area contributed by atoms with E-state index in [0.717, 1.165) is 31.5 Å². The maximum Gasteiger partial charge on any atom is 0.0601 e. The maximum absolute atomic E-state index is 9.45. The van der Waals surface area contributed by atoms with Crippen molar-refractivity contribution in [3.63, 3.8) is 0 Å². The summed E-state index contributed by atoms with van der Waals surface area (Å²) in [6.45, 7) is 3.09. The van der Waals surface area contributed by atoms with Crippen molar-refractivity contribution in [3.8, 4) is 0 Å². The average Bonchev–Trinajstić information content (AvgIpc) is 2.39. The number of nitrogens with two attached hydrogens (primary N) is 1. The Morgan fingerprint density at radius 1 is 1.44 bits per heavy atom. The molecule has 2 unspecified atom stereocenters. The molecule has 0 aliphatic heterocycles. The van der Waals surface area contributed by atoms with Crippen LogP contribution in [0.4, 0.5) is 0 Å². The minimum Gasteiger partial charge on any atom is -0.395 e. The van der Waals surface area contributed by atoms with Gasteiger partial charge in [0, 0.05) is 36.9 Å². The van der Waals surface area contributed by atoms with Gasteiger partial charge in [0.1, 0.15) is 0 Å². The van der Waals surface area contributed by atoms with E-state index >= 15 is 0 Å². The quantitative estimate of drug-likeness (QED) is 0.725. The SMILES string of the molecule is CCCC(N)C(CO)N(C)CCc1ccccn1. The highest BCUT2D eigenvalue weighted by Crippen LogP contribution is 2.07. The van der Waals surface area contributed by atoms with Crippen LogP contribution in [0.1, 0.15) is 25.5 Å². The van der Waals surface area contributed by atoms with Gasteiger partial charge in [-0.15, -0.1) is 0 Å². The molecule has 0 radical (unpaired) electrons. The van der Waals surface area contributed by atoms with Crippen LogP contribution in [0.2, 0.25) is 0 Å². The molecule has 102 valence electrons. The molecule has 0 aliphatic carbocycles. The van der Waals surface area contributed by atoms with E-state index in [1.807, 2.05) is 31.4 Å². The molecule has 1 aromatic heterocycles. The number of nitrogens with zero attached hydrogens (tertiary/aromatic N) is 2. The molecule has 0 bridgehead atoms. The zero-order chi connectivity index (χ0) is 13.4. The molecule has 0 fully saturated rings. The molecule has 1 rings (SSSR count). The summed E-state index contributed by atoms with van der Waals surface area (Å²) in [6, 6.07) is 6.01. The minimum atomic E-state index is 0.0358. The summed E-state index contributed by atoms with van der Waals surface area (Å²) in [4.78, 5) is 6.43. The predicted molar refractivity (Wildman–Crippen MR) is 74.3 cm³/mol. The summed E-state index contributed by atoms with van der Waals surface area (Å²) in [7, 11) is 2.01. The number of hydrogen-bond acceptors (Lipinski definition) is 4. The van der Waals surface area contributed by atoms with Crippen molar-refractivity contribution in [1.29, 1.82) is 0 Å². The Labute approximate surface area is 110 Å². The Morgan fingerprint density at radius 3 is 2.78 bits per heavy atom. The zero-order valence-electron chi connectivity index (χ0n) is 11.4. The van der Waals surface area contributed by atoms with Gasteiger partial charge >= 0.3 is 0 Å². The van der Waals surface area contributed by atoms with Crippen molar-refractivity contribution < 1.29 is 5.11 Å². The summed E-state index contributed by atoms with van der Waals surface area (Å²) >= 11 is 0. The third kappa shape index (κ3) is 4.72. The van der Waals surface area contributed by atoms with Crippen molar-refractivity contribution in [2.45, 2.75) is 38.3 Å². The summed E-state index contributed by atoms with van der Waals surface area (Å²) < 4.78 is 0. The molecule has 4 nitrogen and oxygen atoms in total. The number of aromatic nitrogens is 1. The number of aliphatic hydroxyl groups is 1. The minimum absolute atomic E-state index is 0.0358. The van der Waals surface area contributed by atoms with Gasteiger partial charge in [-0.1, -0.05) is 19.4 Å². The van der Waals surface area contributed by atoms with Crippen LogP contribution in [0.5, 0.6) is 0 Å². The van der Waals surface area contributed by atoms with Gasteiger partial charge in [0.15, 0.2) is 0 Å². The Balaban J connectivity index is 2.44. The molecule has 0 aromatic carbocycles. The fraction of sp³-hybridized carbons (Fsp3) is 0.643. The van der Waals surface area contributed by atoms with Crippen molar-refractivity contribution in [2.75, 3.05) is 20.2 Å². The first kappa shape index (κ1) is 15.1. The van der Waals surface area contributed by atoms with Gasteiger partial charge in [0.2, 0.25) is 0 Å². The highest BCUT2D eigenvalue weighted by Gasteiger charge is 2.20. The first-order valence-corrected chi connectivity index (χ1v) is 6.65. The molecule has 0 spiro atoms. The van der Waals surface area contributed by atoms with Crippen molar-refractivity contribution in [2.24, 2.45) is 5.73 Å². The first-order valence-electron chi connectivity index (χ1n) is 6.65. The molecule has 18 heavy (non-hydrogen) atoms. The Bertz CT molecular complexity index is 318. The second-order valence-electron chi connectivity index (χ2n) is 4.75. The van der Waals surface area contributed by atoms with Gasteiger partial charge in [-0.3, -0.25) is 9.88 Å². The molecule has 3 N–H and O–H groups in total. The lowest BCUT2D eigenvalue weighted by Crippen LogP contribution is -2.49. The van der Waals surface area contributed by atoms with Gasteiger partial charge in [-0.2, -0.15) is 0 Å². The summed E-state index contributed by atoms with van der Waals surface area (Å²) in [5.74, 6) is 0. The molecule has 0 aliphatic rings. The second-order valence-corrected chi connectivity index (χ2v) is 4.75. The molecular weight excluding hydrogens is 226 g/mol. The largest absolute Gasteiger partial charge is 0.395 e. The number of pyridine rings is 1. The lowest BCUT2D eigenvalue weighted by atomic mass is 10.0. The normalized spacial score (nSPS) is 14.7. The molecule has 1 aromatic rings. The van der Waals surface area contributed by atoms with Gasteiger partial charge in [0.05, 0.1) is 6.61 Å². The van der Waals surface area contributed by atoms with E-state index in [1.54, 1.807) is 0 Å². The molecule has 0 saturated carbocycles. The first-order chi connectivity index (χ1) is 8.69. The maximum atomic E-state index is 9.45. The molecular formula is C14H25N3O. The Morgan fingerprint density at radius 2 is 2.22 bits per heavy atom. The van der Waals surface area contributed by atoms with Gasteiger partial charge in [-0.05, 0) is 25.6 Å². The van der Waals surface area contributed by atoms with Crippen LogP contribution in [0.25, 0.3) is 0 Å². The van der Waals surface area contributed by atoms with E-state index in [4.69, 9.17) is 5.73 Å². The fourth-order valence-electron chi connectivity index (χ4n) is 2.13. The number of hydrogen-bond donors (Lipinski definition) is 2. The van der Waals surface area contributed by atoms with Gasteiger partial charge in [0.25, 0.3) is 0 Å². The second kappa shape index (κ2) is 8.19. The van der Waals surface area contributed by atoms with Crippen molar-refractivity contribution in [3.05, 3.63) is 30.1 Å². The van der Waals surface area contributed by atoms with Crippen LogP contribution < -0.4 is 5.73 Å². The van der Waals surface area contributed by atoms with Crippen LogP contribution in [0.3, 0.4) is 0 Å². The Kier molecular flexibility index (Phi) is 6.86. The number of rotatable bonds is 8. The van der Waals surface area contributed by atoms with E-state index in [2.05, 4.69) is 16.8 Å². The monoisotopic (exact) mass is 251 g/mol. The third-order valence-electron chi connectivity index (χ3n) is 3.32. The molecule has 4 heteroatoms. The van der Waals surface area contributed by atoms with E-state index in [1.165, 1.54) is 0 Å². The number of likely N-dealkylation sites (N-methyl/N-ethyl adjacent to an activating group) is 1. The summed E-state index contributed by atoms with van der Waals surface area (Å²) in [5.41, 5.74) is 7.17. The highest BCUT2D eigenvalue weighted by molar-refractivity contribution is 5.03. The van der Waals surface area contributed by atoms with E-state index in [-0.39, 0.29) is 18.7 Å². The summed E-state index contributed by atoms with van der Waals surface area (Å²) in [5, 5.41) is 9.45. The molecule has 0 amide bonds. The zero-order valence-corrected chi connectivity index (χ0v) is 11.4. The van der Waals surface area contributed by atoms with Gasteiger partial charge < -0.3 is 10.8 Å². The Hall–Kier alpha value is -0.970. The standard InChI is InChI=1S/C14H25N3O/c1-3-6-13(15)14(11-18)17(2)10-8-12-7-4-5-9-16-12/h4-5,7,9,13-14,18H,3,6,8,10-11,15H2,1-2H3. The van der Waals surface area contributed by atoms with Crippen LogP contribution >= 0.6 is 0 Å². The van der Waals surface area contributed by atoms with Crippen LogP contribution in [0, 0.1) is 0 Å². The van der Waals surface area contributed by atoms with E-state index in [9.17, 15) is 5.11 Å². The fourth-order valence-corrected chi connectivity index (χ4v) is 2.13. The van der Waals surface area contributed by atoms with Crippen LogP contribution in [-0.2, 0) is 6.42 Å². The van der Waals surface area contributed by atoms with Crippen LogP contribution in [-0.4, -0.2) is 47.3 Å². The lowest BCUT2D eigenvalue weighted by Gasteiger charge is -2.31. The third-order valence-corrected chi connectivity index (χ3v) is 3.32. The van der Waals surface area contributed by atoms with E-state index < -0.39 is 0 Å². The predicted octanol–water partition coefficient (Wildman–Crippen LogP) is 1.04. The smallest absolute Gasteiger partial charge is 0.0601 e. The summed E-state index contributed by atoms with van der Waals surface area (Å²) in [6.07, 6.45) is 4.68. The lowest BCUT2D eigenvalue weighted by molar-refractivity contribution is 0.124. The highest BCUT2D eigenvalue weighted by atomic mass is 16.3. The van der Waals surface area contributed by atoms with Gasteiger partial charge in [-0.25, -0.2) is 0 Å². The van der Waals surface area contributed by atoms with Crippen LogP contribution in [0.15, 0.2) is 24.4 Å². The van der Waals surface area contributed by atoms with Crippen molar-refractivity contribution in [1.82, 2.24) is 9.88 Å². The molecule has 0 saturated heterocycles. The van der Waals surface area contributed by atoms with E-state index in [0.29, 0.717) is 0 Å². The topological polar surface area (TPSA) is 62.4 Å². The average molecular weight is 251 g/mol. The molecule has 1 heterocycles.